The Morgan fingerprint density at radius 1 is 1.00 bits per heavy atom. The second kappa shape index (κ2) is 9.61. The predicted octanol–water partition coefficient (Wildman–Crippen LogP) is 3.82. The monoisotopic (exact) mass is 441 g/mol. The standard InChI is InChI=1S/C25H31NO6/c1-24(2,3)32-23(29)26-14-12-18(13-15-26)17-31-22(28)25(30,19-8-5-4-6-9-19)20-10-7-11-21(27)16-20/h4-11,16,18,27,30H,12-15,17H2,1-3H3/t25-/m0/s1. The van der Waals surface area contributed by atoms with Gasteiger partial charge in [-0.2, -0.15) is 0 Å². The third kappa shape index (κ3) is 5.59. The maximum atomic E-state index is 13.1. The first-order valence-corrected chi connectivity index (χ1v) is 10.8. The third-order valence-corrected chi connectivity index (χ3v) is 5.47. The highest BCUT2D eigenvalue weighted by atomic mass is 16.6. The molecule has 0 aromatic heterocycles. The van der Waals surface area contributed by atoms with E-state index < -0.39 is 17.2 Å². The van der Waals surface area contributed by atoms with Gasteiger partial charge in [-0.05, 0) is 57.2 Å². The number of carbonyl (C=O) groups is 2. The molecule has 2 aromatic rings. The molecule has 1 fully saturated rings. The normalized spacial score (nSPS) is 16.8. The van der Waals surface area contributed by atoms with Crippen LogP contribution in [-0.2, 0) is 19.9 Å². The average Bonchev–Trinajstić information content (AvgIpc) is 2.76. The van der Waals surface area contributed by atoms with Crippen molar-refractivity contribution in [2.45, 2.75) is 44.8 Å². The molecule has 0 aliphatic carbocycles. The number of piperidine rings is 1. The quantitative estimate of drug-likeness (QED) is 0.685. The van der Waals surface area contributed by atoms with Gasteiger partial charge in [0, 0.05) is 18.7 Å². The lowest BCUT2D eigenvalue weighted by Crippen LogP contribution is -2.43. The number of ether oxygens (including phenoxy) is 2. The van der Waals surface area contributed by atoms with E-state index in [-0.39, 0.29) is 29.9 Å². The lowest BCUT2D eigenvalue weighted by molar-refractivity contribution is -0.164. The summed E-state index contributed by atoms with van der Waals surface area (Å²) in [5.41, 5.74) is -2.00. The van der Waals surface area contributed by atoms with E-state index in [1.165, 1.54) is 12.1 Å². The van der Waals surface area contributed by atoms with E-state index in [9.17, 15) is 19.8 Å². The van der Waals surface area contributed by atoms with Crippen LogP contribution in [0.5, 0.6) is 5.75 Å². The fourth-order valence-corrected chi connectivity index (χ4v) is 3.72. The first kappa shape index (κ1) is 23.6. The molecule has 1 aliphatic rings. The van der Waals surface area contributed by atoms with Crippen LogP contribution in [0, 0.1) is 5.92 Å². The Morgan fingerprint density at radius 3 is 2.22 bits per heavy atom. The lowest BCUT2D eigenvalue weighted by Gasteiger charge is -2.34. The molecule has 1 amide bonds. The van der Waals surface area contributed by atoms with Crippen LogP contribution in [0.4, 0.5) is 4.79 Å². The van der Waals surface area contributed by atoms with Crippen molar-refractivity contribution in [1.29, 1.82) is 0 Å². The summed E-state index contributed by atoms with van der Waals surface area (Å²) in [5, 5.41) is 21.3. The van der Waals surface area contributed by atoms with E-state index in [0.29, 0.717) is 31.5 Å². The zero-order valence-corrected chi connectivity index (χ0v) is 18.8. The van der Waals surface area contributed by atoms with Crippen LogP contribution in [0.1, 0.15) is 44.7 Å². The summed E-state index contributed by atoms with van der Waals surface area (Å²) in [7, 11) is 0. The summed E-state index contributed by atoms with van der Waals surface area (Å²) in [6.45, 7) is 6.67. The van der Waals surface area contributed by atoms with Gasteiger partial charge in [0.15, 0.2) is 0 Å². The van der Waals surface area contributed by atoms with Crippen LogP contribution < -0.4 is 0 Å². The van der Waals surface area contributed by atoms with Gasteiger partial charge >= 0.3 is 12.1 Å². The Bertz CT molecular complexity index is 931. The predicted molar refractivity (Wildman–Crippen MR) is 119 cm³/mol. The number of aromatic hydroxyl groups is 1. The van der Waals surface area contributed by atoms with Gasteiger partial charge in [-0.3, -0.25) is 0 Å². The van der Waals surface area contributed by atoms with Gasteiger partial charge < -0.3 is 24.6 Å². The van der Waals surface area contributed by atoms with Crippen LogP contribution in [-0.4, -0.2) is 52.5 Å². The molecule has 2 N–H and O–H groups in total. The number of likely N-dealkylation sites (tertiary alicyclic amines) is 1. The Kier molecular flexibility index (Phi) is 7.09. The molecule has 7 nitrogen and oxygen atoms in total. The highest BCUT2D eigenvalue weighted by molar-refractivity contribution is 5.85. The largest absolute Gasteiger partial charge is 0.508 e. The van der Waals surface area contributed by atoms with Crippen molar-refractivity contribution in [3.8, 4) is 5.75 Å². The number of hydrogen-bond donors (Lipinski definition) is 2. The number of rotatable bonds is 5. The molecular formula is C25H31NO6. The SMILES string of the molecule is CC(C)(C)OC(=O)N1CCC(COC(=O)[C@](O)(c2ccccc2)c2cccc(O)c2)CC1. The molecule has 0 unspecified atom stereocenters. The topological polar surface area (TPSA) is 96.3 Å². The van der Waals surface area contributed by atoms with Crippen LogP contribution in [0.3, 0.4) is 0 Å². The second-order valence-corrected chi connectivity index (χ2v) is 9.14. The van der Waals surface area contributed by atoms with E-state index in [2.05, 4.69) is 0 Å². The maximum absolute atomic E-state index is 13.1. The molecule has 7 heteroatoms. The van der Waals surface area contributed by atoms with E-state index in [0.717, 1.165) is 0 Å². The van der Waals surface area contributed by atoms with Crippen molar-refractivity contribution in [3.05, 3.63) is 65.7 Å². The molecule has 172 valence electrons. The first-order valence-electron chi connectivity index (χ1n) is 10.8. The van der Waals surface area contributed by atoms with Gasteiger partial charge in [0.1, 0.15) is 11.4 Å². The molecule has 1 heterocycles. The third-order valence-electron chi connectivity index (χ3n) is 5.47. The number of phenolic OH excluding ortho intramolecular Hbond substituents is 1. The number of aliphatic hydroxyl groups is 1. The fourth-order valence-electron chi connectivity index (χ4n) is 3.72. The molecule has 1 atom stereocenters. The lowest BCUT2D eigenvalue weighted by atomic mass is 9.86. The van der Waals surface area contributed by atoms with Crippen LogP contribution in [0.15, 0.2) is 54.6 Å². The number of benzene rings is 2. The minimum atomic E-state index is -2.04. The zero-order chi connectivity index (χ0) is 23.4. The number of hydrogen-bond acceptors (Lipinski definition) is 6. The summed E-state index contributed by atoms with van der Waals surface area (Å²) < 4.78 is 11.0. The first-order chi connectivity index (χ1) is 15.1. The van der Waals surface area contributed by atoms with E-state index in [1.807, 2.05) is 20.8 Å². The maximum Gasteiger partial charge on any atom is 0.410 e. The van der Waals surface area contributed by atoms with E-state index in [1.54, 1.807) is 47.4 Å². The minimum Gasteiger partial charge on any atom is -0.508 e. The van der Waals surface area contributed by atoms with E-state index >= 15 is 0 Å². The molecule has 1 saturated heterocycles. The highest BCUT2D eigenvalue weighted by Gasteiger charge is 2.42. The summed E-state index contributed by atoms with van der Waals surface area (Å²) in [5.74, 6) is -0.787. The number of carbonyl (C=O) groups excluding carboxylic acids is 2. The second-order valence-electron chi connectivity index (χ2n) is 9.14. The van der Waals surface area contributed by atoms with Crippen LogP contribution >= 0.6 is 0 Å². The Labute approximate surface area is 188 Å². The zero-order valence-electron chi connectivity index (χ0n) is 18.8. The van der Waals surface area contributed by atoms with Gasteiger partial charge in [0.25, 0.3) is 0 Å². The Morgan fingerprint density at radius 2 is 1.62 bits per heavy atom. The molecule has 32 heavy (non-hydrogen) atoms. The summed E-state index contributed by atoms with van der Waals surface area (Å²) in [6.07, 6.45) is 1.00. The number of nitrogens with zero attached hydrogens (tertiary/aromatic N) is 1. The molecule has 3 rings (SSSR count). The van der Waals surface area contributed by atoms with Crippen molar-refractivity contribution >= 4 is 12.1 Å². The van der Waals surface area contributed by atoms with Gasteiger partial charge in [-0.1, -0.05) is 42.5 Å². The number of amides is 1. The van der Waals surface area contributed by atoms with Crippen molar-refractivity contribution in [1.82, 2.24) is 4.90 Å². The molecule has 2 aromatic carbocycles. The summed E-state index contributed by atoms with van der Waals surface area (Å²) in [6, 6.07) is 14.5. The van der Waals surface area contributed by atoms with E-state index in [4.69, 9.17) is 9.47 Å². The molecule has 0 bridgehead atoms. The van der Waals surface area contributed by atoms with Crippen molar-refractivity contribution in [3.63, 3.8) is 0 Å². The molecule has 0 saturated carbocycles. The van der Waals surface area contributed by atoms with Gasteiger partial charge in [-0.25, -0.2) is 9.59 Å². The number of phenols is 1. The highest BCUT2D eigenvalue weighted by Crippen LogP contribution is 2.33. The Balaban J connectivity index is 1.65. The summed E-state index contributed by atoms with van der Waals surface area (Å²) in [4.78, 5) is 27.0. The molecule has 0 radical (unpaired) electrons. The average molecular weight is 442 g/mol. The van der Waals surface area contributed by atoms with Crippen molar-refractivity contribution < 1.29 is 29.3 Å². The van der Waals surface area contributed by atoms with Crippen LogP contribution in [0.25, 0.3) is 0 Å². The van der Waals surface area contributed by atoms with Gasteiger partial charge in [0.2, 0.25) is 5.60 Å². The Hall–Kier alpha value is -3.06. The minimum absolute atomic E-state index is 0.0563. The summed E-state index contributed by atoms with van der Waals surface area (Å²) >= 11 is 0. The number of esters is 1. The van der Waals surface area contributed by atoms with Crippen molar-refractivity contribution in [2.24, 2.45) is 5.92 Å². The van der Waals surface area contributed by atoms with Gasteiger partial charge in [0.05, 0.1) is 6.61 Å². The molecule has 1 aliphatic heterocycles. The fraction of sp³-hybridized carbons (Fsp3) is 0.440. The van der Waals surface area contributed by atoms with Gasteiger partial charge in [-0.15, -0.1) is 0 Å². The smallest absolute Gasteiger partial charge is 0.410 e. The van der Waals surface area contributed by atoms with Crippen LogP contribution in [0.2, 0.25) is 0 Å². The molecule has 0 spiro atoms. The molecular weight excluding hydrogens is 410 g/mol. The van der Waals surface area contributed by atoms with Crippen molar-refractivity contribution in [2.75, 3.05) is 19.7 Å².